The SMILES string of the molecule is Cc1ccc2c(c1CCc1ncc(-c3ccc(C#N)nc3)c3nncn13)CCO2. The van der Waals surface area contributed by atoms with E-state index < -0.39 is 0 Å². The standard InChI is InChI=1S/C22H18N6O/c1-14-2-6-20-18(8-9-29-20)17(14)5-7-21-25-12-19(22-27-26-13-28(21)22)15-3-4-16(10-23)24-11-15/h2-4,6,11-13H,5,7-9H2,1H3. The number of nitriles is 1. The van der Waals surface area contributed by atoms with Gasteiger partial charge in [0, 0.05) is 41.9 Å². The zero-order valence-electron chi connectivity index (χ0n) is 16.0. The first-order valence-corrected chi connectivity index (χ1v) is 9.53. The molecule has 0 spiro atoms. The highest BCUT2D eigenvalue weighted by Crippen LogP contribution is 2.31. The lowest BCUT2D eigenvalue weighted by Crippen LogP contribution is -2.06. The second kappa shape index (κ2) is 6.99. The predicted molar refractivity (Wildman–Crippen MR) is 107 cm³/mol. The predicted octanol–water partition coefficient (Wildman–Crippen LogP) is 3.09. The molecule has 0 fully saturated rings. The fourth-order valence-corrected chi connectivity index (χ4v) is 3.92. The maximum atomic E-state index is 8.95. The number of nitrogens with zero attached hydrogens (tertiary/aromatic N) is 6. The van der Waals surface area contributed by atoms with Gasteiger partial charge < -0.3 is 4.74 Å². The molecule has 3 aromatic heterocycles. The quantitative estimate of drug-likeness (QED) is 0.539. The van der Waals surface area contributed by atoms with E-state index in [0.29, 0.717) is 5.69 Å². The van der Waals surface area contributed by atoms with E-state index in [9.17, 15) is 0 Å². The number of ether oxygens (including phenoxy) is 1. The molecule has 0 saturated carbocycles. The van der Waals surface area contributed by atoms with Crippen LogP contribution in [0.1, 0.15) is 28.2 Å². The minimum atomic E-state index is 0.380. The molecule has 0 aliphatic carbocycles. The molecule has 5 rings (SSSR count). The van der Waals surface area contributed by atoms with E-state index in [1.165, 1.54) is 16.7 Å². The third-order valence-corrected chi connectivity index (χ3v) is 5.43. The van der Waals surface area contributed by atoms with E-state index in [4.69, 9.17) is 15.0 Å². The van der Waals surface area contributed by atoms with Gasteiger partial charge in [-0.1, -0.05) is 6.07 Å². The van der Waals surface area contributed by atoms with Crippen LogP contribution in [0.2, 0.25) is 0 Å². The fourth-order valence-electron chi connectivity index (χ4n) is 3.92. The summed E-state index contributed by atoms with van der Waals surface area (Å²) in [5.41, 5.74) is 6.77. The Hall–Kier alpha value is -3.79. The molecule has 4 heterocycles. The zero-order valence-corrected chi connectivity index (χ0v) is 16.0. The minimum Gasteiger partial charge on any atom is -0.493 e. The molecular weight excluding hydrogens is 364 g/mol. The molecule has 29 heavy (non-hydrogen) atoms. The van der Waals surface area contributed by atoms with Gasteiger partial charge in [0.1, 0.15) is 29.7 Å². The first-order valence-electron chi connectivity index (χ1n) is 9.53. The van der Waals surface area contributed by atoms with Gasteiger partial charge in [0.25, 0.3) is 0 Å². The minimum absolute atomic E-state index is 0.380. The number of aromatic nitrogens is 5. The van der Waals surface area contributed by atoms with Crippen molar-refractivity contribution in [1.82, 2.24) is 24.6 Å². The van der Waals surface area contributed by atoms with Crippen LogP contribution >= 0.6 is 0 Å². The van der Waals surface area contributed by atoms with Crippen LogP contribution in [-0.4, -0.2) is 31.2 Å². The molecule has 7 nitrogen and oxygen atoms in total. The largest absolute Gasteiger partial charge is 0.493 e. The summed E-state index contributed by atoms with van der Waals surface area (Å²) in [6, 6.07) is 9.77. The Morgan fingerprint density at radius 3 is 2.90 bits per heavy atom. The average Bonchev–Trinajstić information content (AvgIpc) is 3.43. The second-order valence-corrected chi connectivity index (χ2v) is 7.09. The first kappa shape index (κ1) is 17.3. The molecule has 0 bridgehead atoms. The van der Waals surface area contributed by atoms with Crippen molar-refractivity contribution in [3.63, 3.8) is 0 Å². The molecule has 1 aliphatic heterocycles. The number of aryl methyl sites for hydroxylation is 2. The van der Waals surface area contributed by atoms with Crippen LogP contribution in [-0.2, 0) is 19.3 Å². The molecule has 7 heteroatoms. The van der Waals surface area contributed by atoms with Crippen molar-refractivity contribution in [2.75, 3.05) is 6.61 Å². The summed E-state index contributed by atoms with van der Waals surface area (Å²) in [6.07, 6.45) is 7.80. The summed E-state index contributed by atoms with van der Waals surface area (Å²) in [4.78, 5) is 8.84. The molecule has 0 atom stereocenters. The molecule has 0 saturated heterocycles. The van der Waals surface area contributed by atoms with Gasteiger partial charge in [-0.3, -0.25) is 4.40 Å². The van der Waals surface area contributed by atoms with Crippen molar-refractivity contribution in [2.45, 2.75) is 26.2 Å². The van der Waals surface area contributed by atoms with Gasteiger partial charge in [-0.15, -0.1) is 10.2 Å². The van der Waals surface area contributed by atoms with Crippen molar-refractivity contribution < 1.29 is 4.74 Å². The van der Waals surface area contributed by atoms with Gasteiger partial charge in [-0.05, 0) is 42.7 Å². The summed E-state index contributed by atoms with van der Waals surface area (Å²) >= 11 is 0. The lowest BCUT2D eigenvalue weighted by molar-refractivity contribution is 0.357. The van der Waals surface area contributed by atoms with Crippen molar-refractivity contribution in [2.24, 2.45) is 0 Å². The Labute approximate surface area is 167 Å². The van der Waals surface area contributed by atoms with Crippen molar-refractivity contribution >= 4 is 5.65 Å². The van der Waals surface area contributed by atoms with E-state index in [-0.39, 0.29) is 0 Å². The van der Waals surface area contributed by atoms with E-state index in [2.05, 4.69) is 34.2 Å². The second-order valence-electron chi connectivity index (χ2n) is 7.09. The lowest BCUT2D eigenvalue weighted by atomic mass is 9.96. The Bertz CT molecular complexity index is 1250. The molecule has 0 amide bonds. The highest BCUT2D eigenvalue weighted by Gasteiger charge is 2.18. The number of rotatable bonds is 4. The van der Waals surface area contributed by atoms with Crippen LogP contribution in [0, 0.1) is 18.3 Å². The molecule has 0 unspecified atom stereocenters. The molecule has 0 radical (unpaired) electrons. The van der Waals surface area contributed by atoms with Gasteiger partial charge in [0.2, 0.25) is 0 Å². The fraction of sp³-hybridized carbons (Fsp3) is 0.227. The Morgan fingerprint density at radius 2 is 2.07 bits per heavy atom. The molecular formula is C22H18N6O. The van der Waals surface area contributed by atoms with Crippen LogP contribution < -0.4 is 4.74 Å². The van der Waals surface area contributed by atoms with E-state index in [1.807, 2.05) is 22.7 Å². The van der Waals surface area contributed by atoms with Gasteiger partial charge in [-0.2, -0.15) is 5.26 Å². The smallest absolute Gasteiger partial charge is 0.171 e. The Kier molecular flexibility index (Phi) is 4.17. The first-order chi connectivity index (χ1) is 14.2. The van der Waals surface area contributed by atoms with Gasteiger partial charge in [0.15, 0.2) is 5.65 Å². The van der Waals surface area contributed by atoms with Gasteiger partial charge >= 0.3 is 0 Å². The lowest BCUT2D eigenvalue weighted by Gasteiger charge is -2.12. The normalized spacial score (nSPS) is 12.6. The molecule has 1 aromatic carbocycles. The summed E-state index contributed by atoms with van der Waals surface area (Å²) in [7, 11) is 0. The number of hydrogen-bond donors (Lipinski definition) is 0. The van der Waals surface area contributed by atoms with Crippen molar-refractivity contribution in [1.29, 1.82) is 5.26 Å². The van der Waals surface area contributed by atoms with Crippen molar-refractivity contribution in [3.8, 4) is 22.9 Å². The number of benzene rings is 1. The topological polar surface area (TPSA) is 89.0 Å². The number of pyridine rings is 1. The monoisotopic (exact) mass is 382 g/mol. The zero-order chi connectivity index (χ0) is 19.8. The Morgan fingerprint density at radius 1 is 1.14 bits per heavy atom. The third kappa shape index (κ3) is 2.99. The Balaban J connectivity index is 1.48. The highest BCUT2D eigenvalue weighted by atomic mass is 16.5. The summed E-state index contributed by atoms with van der Waals surface area (Å²) in [6.45, 7) is 2.91. The van der Waals surface area contributed by atoms with Crippen LogP contribution in [0.5, 0.6) is 5.75 Å². The van der Waals surface area contributed by atoms with Crippen molar-refractivity contribution in [3.05, 3.63) is 71.2 Å². The highest BCUT2D eigenvalue weighted by molar-refractivity contribution is 5.76. The molecule has 142 valence electrons. The van der Waals surface area contributed by atoms with E-state index >= 15 is 0 Å². The van der Waals surface area contributed by atoms with Crippen LogP contribution in [0.15, 0.2) is 43.0 Å². The third-order valence-electron chi connectivity index (χ3n) is 5.43. The van der Waals surface area contributed by atoms with E-state index in [1.54, 1.807) is 18.6 Å². The summed E-state index contributed by atoms with van der Waals surface area (Å²) in [5.74, 6) is 1.92. The summed E-state index contributed by atoms with van der Waals surface area (Å²) < 4.78 is 7.65. The van der Waals surface area contributed by atoms with Gasteiger partial charge in [-0.25, -0.2) is 9.97 Å². The van der Waals surface area contributed by atoms with E-state index in [0.717, 1.165) is 54.2 Å². The van der Waals surface area contributed by atoms with Crippen LogP contribution in [0.25, 0.3) is 16.8 Å². The average molecular weight is 382 g/mol. The summed E-state index contributed by atoms with van der Waals surface area (Å²) in [5, 5.41) is 17.3. The maximum absolute atomic E-state index is 8.95. The van der Waals surface area contributed by atoms with Crippen LogP contribution in [0.3, 0.4) is 0 Å². The number of hydrogen-bond acceptors (Lipinski definition) is 6. The molecule has 0 N–H and O–H groups in total. The molecule has 1 aliphatic rings. The maximum Gasteiger partial charge on any atom is 0.171 e. The molecule has 4 aromatic rings. The number of fused-ring (bicyclic) bond motifs is 2. The van der Waals surface area contributed by atoms with Gasteiger partial charge in [0.05, 0.1) is 6.61 Å². The van der Waals surface area contributed by atoms with Crippen LogP contribution in [0.4, 0.5) is 0 Å².